The lowest BCUT2D eigenvalue weighted by Gasteiger charge is -2.26. The van der Waals surface area contributed by atoms with Crippen LogP contribution in [0.5, 0.6) is 0 Å². The van der Waals surface area contributed by atoms with Gasteiger partial charge in [-0.2, -0.15) is 0 Å². The van der Waals surface area contributed by atoms with Crippen molar-refractivity contribution < 1.29 is 9.59 Å². The van der Waals surface area contributed by atoms with E-state index in [1.54, 1.807) is 24.3 Å². The molecule has 1 saturated carbocycles. The number of halogens is 1. The van der Waals surface area contributed by atoms with Gasteiger partial charge in [-0.3, -0.25) is 9.59 Å². The van der Waals surface area contributed by atoms with Gasteiger partial charge in [-0.1, -0.05) is 19.1 Å². The molecule has 0 heterocycles. The van der Waals surface area contributed by atoms with E-state index in [4.69, 9.17) is 5.73 Å². The van der Waals surface area contributed by atoms with E-state index < -0.39 is 0 Å². The Morgan fingerprint density at radius 3 is 2.14 bits per heavy atom. The van der Waals surface area contributed by atoms with E-state index in [1.165, 1.54) is 0 Å². The van der Waals surface area contributed by atoms with Crippen LogP contribution >= 0.6 is 12.4 Å². The number of nitrogens with two attached hydrogens (primary N) is 1. The molecule has 1 aromatic carbocycles. The van der Waals surface area contributed by atoms with Crippen molar-refractivity contribution in [3.05, 3.63) is 35.4 Å². The van der Waals surface area contributed by atoms with Gasteiger partial charge in [-0.25, -0.2) is 0 Å². The van der Waals surface area contributed by atoms with Gasteiger partial charge < -0.3 is 11.1 Å². The smallest absolute Gasteiger partial charge is 0.251 e. The summed E-state index contributed by atoms with van der Waals surface area (Å²) in [6, 6.07) is 7.37. The van der Waals surface area contributed by atoms with Crippen LogP contribution in [-0.4, -0.2) is 23.8 Å². The number of Topliss-reactive ketones (excluding diaryl/α,β-unsaturated/α-hetero) is 1. The van der Waals surface area contributed by atoms with Gasteiger partial charge in [0, 0.05) is 29.6 Å². The predicted molar refractivity (Wildman–Crippen MR) is 86.0 cm³/mol. The van der Waals surface area contributed by atoms with Crippen molar-refractivity contribution in [1.82, 2.24) is 5.32 Å². The molecule has 0 aromatic heterocycles. The molecule has 4 nitrogen and oxygen atoms in total. The lowest BCUT2D eigenvalue weighted by Crippen LogP contribution is -2.40. The highest BCUT2D eigenvalue weighted by Gasteiger charge is 2.20. The van der Waals surface area contributed by atoms with Gasteiger partial charge in [-0.15, -0.1) is 12.4 Å². The van der Waals surface area contributed by atoms with E-state index in [2.05, 4.69) is 5.32 Å². The number of ketones is 1. The fourth-order valence-corrected chi connectivity index (χ4v) is 2.54. The summed E-state index contributed by atoms with van der Waals surface area (Å²) in [5.74, 6) is 0.0270. The normalized spacial score (nSPS) is 21.2. The average molecular weight is 311 g/mol. The van der Waals surface area contributed by atoms with Gasteiger partial charge in [0.25, 0.3) is 5.91 Å². The summed E-state index contributed by atoms with van der Waals surface area (Å²) >= 11 is 0. The Labute approximate surface area is 131 Å². The van der Waals surface area contributed by atoms with E-state index in [0.29, 0.717) is 17.5 Å². The summed E-state index contributed by atoms with van der Waals surface area (Å²) < 4.78 is 0. The van der Waals surface area contributed by atoms with E-state index in [-0.39, 0.29) is 36.2 Å². The molecule has 3 N–H and O–H groups in total. The molecule has 0 saturated heterocycles. The number of carbonyl (C=O) groups excluding carboxylic acids is 2. The molecule has 116 valence electrons. The fourth-order valence-electron chi connectivity index (χ4n) is 2.54. The summed E-state index contributed by atoms with van der Waals surface area (Å²) in [5, 5.41) is 3.04. The Kier molecular flexibility index (Phi) is 6.85. The van der Waals surface area contributed by atoms with Gasteiger partial charge in [0.2, 0.25) is 0 Å². The molecule has 1 aliphatic carbocycles. The lowest BCUT2D eigenvalue weighted by molar-refractivity contribution is 0.0923. The predicted octanol–water partition coefficient (Wildman–Crippen LogP) is 2.70. The fraction of sp³-hybridized carbons (Fsp3) is 0.500. The maximum Gasteiger partial charge on any atom is 0.251 e. The molecule has 2 rings (SSSR count). The molecule has 1 fully saturated rings. The summed E-state index contributed by atoms with van der Waals surface area (Å²) in [6.07, 6.45) is 4.30. The third kappa shape index (κ3) is 4.83. The van der Waals surface area contributed by atoms with Crippen LogP contribution in [0.4, 0.5) is 0 Å². The maximum atomic E-state index is 12.1. The van der Waals surface area contributed by atoms with Gasteiger partial charge in [0.05, 0.1) is 0 Å². The van der Waals surface area contributed by atoms with Crippen molar-refractivity contribution in [2.75, 3.05) is 0 Å². The van der Waals surface area contributed by atoms with Crippen LogP contribution in [0.2, 0.25) is 0 Å². The maximum absolute atomic E-state index is 12.1. The molecule has 0 spiro atoms. The Morgan fingerprint density at radius 2 is 1.62 bits per heavy atom. The van der Waals surface area contributed by atoms with Crippen molar-refractivity contribution in [1.29, 1.82) is 0 Å². The van der Waals surface area contributed by atoms with Crippen LogP contribution in [-0.2, 0) is 0 Å². The second-order valence-corrected chi connectivity index (χ2v) is 5.44. The van der Waals surface area contributed by atoms with Crippen LogP contribution in [0.3, 0.4) is 0 Å². The zero-order valence-electron chi connectivity index (χ0n) is 12.3. The van der Waals surface area contributed by atoms with E-state index in [9.17, 15) is 9.59 Å². The topological polar surface area (TPSA) is 72.2 Å². The second kappa shape index (κ2) is 8.15. The Morgan fingerprint density at radius 1 is 1.10 bits per heavy atom. The lowest BCUT2D eigenvalue weighted by atomic mass is 9.91. The van der Waals surface area contributed by atoms with Crippen LogP contribution in [0, 0.1) is 0 Å². The minimum Gasteiger partial charge on any atom is -0.349 e. The Balaban J connectivity index is 0.00000220. The molecule has 21 heavy (non-hydrogen) atoms. The van der Waals surface area contributed by atoms with Crippen molar-refractivity contribution in [3.8, 4) is 0 Å². The zero-order chi connectivity index (χ0) is 14.5. The summed E-state index contributed by atoms with van der Waals surface area (Å²) in [4.78, 5) is 23.6. The largest absolute Gasteiger partial charge is 0.349 e. The summed E-state index contributed by atoms with van der Waals surface area (Å²) in [5.41, 5.74) is 7.12. The SMILES string of the molecule is CCC(=O)c1ccc(C(=O)NC2CCC(N)CC2)cc1.Cl. The van der Waals surface area contributed by atoms with Gasteiger partial charge in [0.1, 0.15) is 0 Å². The molecule has 0 atom stereocenters. The molecule has 1 aromatic rings. The van der Waals surface area contributed by atoms with Gasteiger partial charge >= 0.3 is 0 Å². The molecule has 0 aliphatic heterocycles. The molecule has 0 radical (unpaired) electrons. The number of carbonyl (C=O) groups is 2. The number of hydrogen-bond donors (Lipinski definition) is 2. The first-order valence-electron chi connectivity index (χ1n) is 7.30. The average Bonchev–Trinajstić information content (AvgIpc) is 2.49. The molecular formula is C16H23ClN2O2. The molecular weight excluding hydrogens is 288 g/mol. The van der Waals surface area contributed by atoms with Crippen molar-refractivity contribution in [3.63, 3.8) is 0 Å². The van der Waals surface area contributed by atoms with Crippen LogP contribution in [0.1, 0.15) is 59.7 Å². The van der Waals surface area contributed by atoms with Crippen molar-refractivity contribution in [2.24, 2.45) is 5.73 Å². The number of benzene rings is 1. The molecule has 1 amide bonds. The standard InChI is InChI=1S/C16H22N2O2.ClH/c1-2-15(19)11-3-5-12(6-4-11)16(20)18-14-9-7-13(17)8-10-14;/h3-6,13-14H,2,7-10,17H2,1H3,(H,18,20);1H. The van der Waals surface area contributed by atoms with Gasteiger partial charge in [-0.05, 0) is 37.8 Å². The highest BCUT2D eigenvalue weighted by molar-refractivity contribution is 5.98. The van der Waals surface area contributed by atoms with E-state index >= 15 is 0 Å². The first-order valence-corrected chi connectivity index (χ1v) is 7.30. The number of rotatable bonds is 4. The molecule has 1 aliphatic rings. The first-order chi connectivity index (χ1) is 9.60. The first kappa shape index (κ1) is 17.7. The quantitative estimate of drug-likeness (QED) is 0.840. The van der Waals surface area contributed by atoms with Crippen LogP contribution in [0.25, 0.3) is 0 Å². The molecule has 0 unspecified atom stereocenters. The number of nitrogens with one attached hydrogen (secondary N) is 1. The Hall–Kier alpha value is -1.39. The zero-order valence-corrected chi connectivity index (χ0v) is 13.1. The second-order valence-electron chi connectivity index (χ2n) is 5.44. The third-order valence-corrected chi connectivity index (χ3v) is 3.90. The third-order valence-electron chi connectivity index (χ3n) is 3.90. The van der Waals surface area contributed by atoms with Crippen molar-refractivity contribution in [2.45, 2.75) is 51.1 Å². The minimum atomic E-state index is -0.0685. The van der Waals surface area contributed by atoms with Crippen LogP contribution < -0.4 is 11.1 Å². The number of amides is 1. The number of hydrogen-bond acceptors (Lipinski definition) is 3. The summed E-state index contributed by atoms with van der Waals surface area (Å²) in [7, 11) is 0. The van der Waals surface area contributed by atoms with Crippen molar-refractivity contribution >= 4 is 24.1 Å². The Bertz CT molecular complexity index is 480. The highest BCUT2D eigenvalue weighted by Crippen LogP contribution is 2.17. The van der Waals surface area contributed by atoms with Gasteiger partial charge in [0.15, 0.2) is 5.78 Å². The van der Waals surface area contributed by atoms with E-state index in [1.807, 2.05) is 6.92 Å². The minimum absolute atomic E-state index is 0. The highest BCUT2D eigenvalue weighted by atomic mass is 35.5. The molecule has 0 bridgehead atoms. The van der Waals surface area contributed by atoms with E-state index in [0.717, 1.165) is 25.7 Å². The van der Waals surface area contributed by atoms with Crippen LogP contribution in [0.15, 0.2) is 24.3 Å². The monoisotopic (exact) mass is 310 g/mol. The summed E-state index contributed by atoms with van der Waals surface area (Å²) in [6.45, 7) is 1.83. The molecule has 5 heteroatoms.